The third-order valence-electron chi connectivity index (χ3n) is 2.47. The Hall–Kier alpha value is -0.980. The molecule has 0 atom stereocenters. The maximum atomic E-state index is 13.5. The Kier molecular flexibility index (Phi) is 3.22. The van der Waals surface area contributed by atoms with Gasteiger partial charge in [-0.2, -0.15) is 0 Å². The van der Waals surface area contributed by atoms with E-state index in [0.29, 0.717) is 9.27 Å². The molecule has 0 fully saturated rings. The van der Waals surface area contributed by atoms with Crippen molar-refractivity contribution in [3.8, 4) is 0 Å². The molecule has 1 heterocycles. The van der Waals surface area contributed by atoms with Crippen LogP contribution in [0.1, 0.15) is 18.9 Å². The van der Waals surface area contributed by atoms with Crippen LogP contribution in [-0.4, -0.2) is 6.54 Å². The number of hydrogen-bond acceptors (Lipinski definition) is 3. The molecular formula is C11H13FIN3. The molecule has 0 saturated heterocycles. The van der Waals surface area contributed by atoms with Gasteiger partial charge in [0, 0.05) is 18.3 Å². The van der Waals surface area contributed by atoms with E-state index in [0.717, 1.165) is 24.2 Å². The van der Waals surface area contributed by atoms with Gasteiger partial charge in [-0.1, -0.05) is 6.92 Å². The zero-order valence-corrected chi connectivity index (χ0v) is 11.1. The fraction of sp³-hybridized carbons (Fsp3) is 0.273. The maximum Gasteiger partial charge on any atom is 0.138 e. The van der Waals surface area contributed by atoms with Crippen molar-refractivity contribution in [3.63, 3.8) is 0 Å². The van der Waals surface area contributed by atoms with Gasteiger partial charge in [0.2, 0.25) is 0 Å². The van der Waals surface area contributed by atoms with Gasteiger partial charge < -0.3 is 11.2 Å². The molecule has 0 saturated carbocycles. The van der Waals surface area contributed by atoms with Crippen LogP contribution in [0.15, 0.2) is 18.3 Å². The van der Waals surface area contributed by atoms with Crippen LogP contribution >= 0.6 is 22.6 Å². The molecule has 0 spiro atoms. The quantitative estimate of drug-likeness (QED) is 0.817. The van der Waals surface area contributed by atoms with Gasteiger partial charge in [-0.3, -0.25) is 5.01 Å². The number of nitrogens with zero attached hydrogens (tertiary/aromatic N) is 1. The Morgan fingerprint density at radius 2 is 2.25 bits per heavy atom. The fourth-order valence-electron chi connectivity index (χ4n) is 1.73. The van der Waals surface area contributed by atoms with Crippen LogP contribution in [-0.2, 0) is 0 Å². The third kappa shape index (κ3) is 1.83. The average molecular weight is 333 g/mol. The number of hydrazine groups is 1. The van der Waals surface area contributed by atoms with Crippen molar-refractivity contribution in [1.82, 2.24) is 5.43 Å². The number of fused-ring (bicyclic) bond motifs is 1. The summed E-state index contributed by atoms with van der Waals surface area (Å²) in [6.45, 7) is 2.89. The molecule has 5 heteroatoms. The SMILES string of the molecule is CCCN1NC=C(N)c2ccc(F)c(I)c21. The van der Waals surface area contributed by atoms with Crippen molar-refractivity contribution < 1.29 is 4.39 Å². The maximum absolute atomic E-state index is 13.5. The molecule has 1 aliphatic rings. The highest BCUT2D eigenvalue weighted by molar-refractivity contribution is 14.1. The number of benzene rings is 1. The van der Waals surface area contributed by atoms with Crippen molar-refractivity contribution in [2.24, 2.45) is 5.73 Å². The van der Waals surface area contributed by atoms with Crippen molar-refractivity contribution in [1.29, 1.82) is 0 Å². The number of anilines is 1. The summed E-state index contributed by atoms with van der Waals surface area (Å²) < 4.78 is 14.1. The molecule has 0 unspecified atom stereocenters. The van der Waals surface area contributed by atoms with E-state index >= 15 is 0 Å². The highest BCUT2D eigenvalue weighted by Crippen LogP contribution is 2.33. The van der Waals surface area contributed by atoms with Crippen molar-refractivity contribution in [2.75, 3.05) is 11.6 Å². The van der Waals surface area contributed by atoms with Gasteiger partial charge in [0.25, 0.3) is 0 Å². The monoisotopic (exact) mass is 333 g/mol. The second-order valence-corrected chi connectivity index (χ2v) is 4.72. The van der Waals surface area contributed by atoms with Crippen molar-refractivity contribution in [2.45, 2.75) is 13.3 Å². The Labute approximate surface area is 108 Å². The highest BCUT2D eigenvalue weighted by atomic mass is 127. The van der Waals surface area contributed by atoms with E-state index in [1.54, 1.807) is 12.3 Å². The summed E-state index contributed by atoms with van der Waals surface area (Å²) in [5.74, 6) is -0.211. The van der Waals surface area contributed by atoms with Gasteiger partial charge in [0.1, 0.15) is 5.82 Å². The lowest BCUT2D eigenvalue weighted by molar-refractivity contribution is 0.614. The number of halogens is 2. The third-order valence-corrected chi connectivity index (χ3v) is 3.50. The molecule has 1 aliphatic heterocycles. The standard InChI is InChI=1S/C11H13FIN3/c1-2-5-16-11-7(9(14)6-15-16)3-4-8(12)10(11)13/h3-4,6,15H,2,5,14H2,1H3. The predicted molar refractivity (Wildman–Crippen MR) is 72.1 cm³/mol. The van der Waals surface area contributed by atoms with E-state index in [1.165, 1.54) is 6.07 Å². The molecule has 0 amide bonds. The topological polar surface area (TPSA) is 41.3 Å². The van der Waals surface area contributed by atoms with Crippen molar-refractivity contribution >= 4 is 34.0 Å². The zero-order valence-electron chi connectivity index (χ0n) is 8.93. The molecule has 86 valence electrons. The molecule has 3 N–H and O–H groups in total. The molecule has 0 aromatic heterocycles. The van der Waals surface area contributed by atoms with Crippen LogP contribution in [0, 0.1) is 9.39 Å². The predicted octanol–water partition coefficient (Wildman–Crippen LogP) is 2.42. The number of nitrogens with two attached hydrogens (primary N) is 1. The lowest BCUT2D eigenvalue weighted by atomic mass is 10.1. The lowest BCUT2D eigenvalue weighted by Gasteiger charge is -2.31. The summed E-state index contributed by atoms with van der Waals surface area (Å²) in [5, 5.41) is 1.93. The molecule has 0 radical (unpaired) electrons. The van der Waals surface area contributed by atoms with Gasteiger partial charge in [0.15, 0.2) is 0 Å². The lowest BCUT2D eigenvalue weighted by Crippen LogP contribution is -2.39. The van der Waals surface area contributed by atoms with E-state index in [-0.39, 0.29) is 5.82 Å². The summed E-state index contributed by atoms with van der Waals surface area (Å²) in [6, 6.07) is 3.18. The summed E-state index contributed by atoms with van der Waals surface area (Å²) in [6.07, 6.45) is 2.72. The largest absolute Gasteiger partial charge is 0.397 e. The molecule has 1 aromatic carbocycles. The number of nitrogens with one attached hydrogen (secondary N) is 1. The van der Waals surface area contributed by atoms with E-state index in [9.17, 15) is 4.39 Å². The van der Waals surface area contributed by atoms with E-state index in [4.69, 9.17) is 5.73 Å². The van der Waals surface area contributed by atoms with E-state index in [2.05, 4.69) is 12.3 Å². The van der Waals surface area contributed by atoms with Crippen molar-refractivity contribution in [3.05, 3.63) is 33.3 Å². The fourth-order valence-corrected chi connectivity index (χ4v) is 2.49. The first kappa shape index (κ1) is 11.5. The first-order chi connectivity index (χ1) is 7.65. The van der Waals surface area contributed by atoms with E-state index < -0.39 is 0 Å². The minimum atomic E-state index is -0.211. The van der Waals surface area contributed by atoms with Gasteiger partial charge in [0.05, 0.1) is 15.0 Å². The molecule has 1 aromatic rings. The van der Waals surface area contributed by atoms with E-state index in [1.807, 2.05) is 27.6 Å². The second kappa shape index (κ2) is 4.48. The Morgan fingerprint density at radius 1 is 1.50 bits per heavy atom. The molecule has 3 nitrogen and oxygen atoms in total. The van der Waals surface area contributed by atoms with Gasteiger partial charge in [-0.25, -0.2) is 4.39 Å². The van der Waals surface area contributed by atoms with Gasteiger partial charge in [-0.05, 0) is 41.1 Å². The first-order valence-electron chi connectivity index (χ1n) is 5.13. The number of hydrogen-bond donors (Lipinski definition) is 2. The normalized spacial score (nSPS) is 14.2. The van der Waals surface area contributed by atoms with Crippen LogP contribution in [0.2, 0.25) is 0 Å². The second-order valence-electron chi connectivity index (χ2n) is 3.64. The minimum Gasteiger partial charge on any atom is -0.397 e. The zero-order chi connectivity index (χ0) is 11.7. The molecular weight excluding hydrogens is 320 g/mol. The summed E-state index contributed by atoms with van der Waals surface area (Å²) >= 11 is 2.01. The first-order valence-corrected chi connectivity index (χ1v) is 6.20. The summed E-state index contributed by atoms with van der Waals surface area (Å²) in [4.78, 5) is 0. The summed E-state index contributed by atoms with van der Waals surface area (Å²) in [5.41, 5.74) is 11.3. The molecule has 0 bridgehead atoms. The Bertz CT molecular complexity index is 445. The van der Waals surface area contributed by atoms with Crippen LogP contribution in [0.25, 0.3) is 5.70 Å². The molecule has 2 rings (SSSR count). The molecule has 16 heavy (non-hydrogen) atoms. The van der Waals surface area contributed by atoms with Crippen LogP contribution in [0.3, 0.4) is 0 Å². The number of rotatable bonds is 2. The average Bonchev–Trinajstić information content (AvgIpc) is 2.27. The Morgan fingerprint density at radius 3 is 2.94 bits per heavy atom. The van der Waals surface area contributed by atoms with Gasteiger partial charge >= 0.3 is 0 Å². The van der Waals surface area contributed by atoms with Gasteiger partial charge in [-0.15, -0.1) is 0 Å². The Balaban J connectivity index is 2.55. The van der Waals surface area contributed by atoms with Crippen LogP contribution in [0.5, 0.6) is 0 Å². The summed E-state index contributed by atoms with van der Waals surface area (Å²) in [7, 11) is 0. The molecule has 0 aliphatic carbocycles. The smallest absolute Gasteiger partial charge is 0.138 e. The highest BCUT2D eigenvalue weighted by Gasteiger charge is 2.21. The minimum absolute atomic E-state index is 0.211. The van der Waals surface area contributed by atoms with Crippen LogP contribution < -0.4 is 16.2 Å². The van der Waals surface area contributed by atoms with Crippen LogP contribution in [0.4, 0.5) is 10.1 Å².